The number of hydrogen-bond donors (Lipinski definition) is 0. The van der Waals surface area contributed by atoms with Gasteiger partial charge in [0, 0.05) is 25.2 Å². The lowest BCUT2D eigenvalue weighted by molar-refractivity contribution is 0.0629. The van der Waals surface area contributed by atoms with Crippen LogP contribution in [0.15, 0.2) is 0 Å². The fourth-order valence-corrected chi connectivity index (χ4v) is 8.05. The Kier molecular flexibility index (Phi) is 6.12. The Morgan fingerprint density at radius 1 is 0.370 bits per heavy atom. The van der Waals surface area contributed by atoms with Gasteiger partial charge in [0.05, 0.1) is 0 Å². The van der Waals surface area contributed by atoms with Crippen LogP contribution in [-0.4, -0.2) is 48.1 Å². The van der Waals surface area contributed by atoms with Crippen molar-refractivity contribution in [3.63, 3.8) is 0 Å². The first-order valence-electron chi connectivity index (χ1n) is 12.8. The Balaban J connectivity index is 1.14. The molecule has 0 radical (unpaired) electrons. The molecule has 0 bridgehead atoms. The summed E-state index contributed by atoms with van der Waals surface area (Å²) in [6.07, 6.45) is 22.9. The van der Waals surface area contributed by atoms with Gasteiger partial charge in [0.1, 0.15) is 0 Å². The van der Waals surface area contributed by atoms with Gasteiger partial charge >= 0.3 is 0 Å². The van der Waals surface area contributed by atoms with Crippen molar-refractivity contribution in [2.45, 2.75) is 108 Å². The van der Waals surface area contributed by atoms with Crippen molar-refractivity contribution in [2.75, 3.05) is 26.2 Å². The van der Waals surface area contributed by atoms with E-state index in [0.717, 1.165) is 35.8 Å². The molecule has 4 saturated carbocycles. The molecule has 27 heavy (non-hydrogen) atoms. The molecule has 0 aromatic carbocycles. The Morgan fingerprint density at radius 3 is 1.30 bits per heavy atom. The van der Waals surface area contributed by atoms with Gasteiger partial charge in [0.15, 0.2) is 0 Å². The quantitative estimate of drug-likeness (QED) is 0.612. The van der Waals surface area contributed by atoms with E-state index in [2.05, 4.69) is 9.80 Å². The third-order valence-electron chi connectivity index (χ3n) is 9.62. The van der Waals surface area contributed by atoms with Gasteiger partial charge < -0.3 is 0 Å². The van der Waals surface area contributed by atoms with Gasteiger partial charge in [-0.1, -0.05) is 51.4 Å². The van der Waals surface area contributed by atoms with E-state index in [1.54, 1.807) is 38.5 Å². The Labute approximate surface area is 168 Å². The van der Waals surface area contributed by atoms with E-state index < -0.39 is 0 Å². The highest BCUT2D eigenvalue weighted by atomic mass is 15.2. The Hall–Kier alpha value is -0.0800. The zero-order valence-electron chi connectivity index (χ0n) is 17.8. The summed E-state index contributed by atoms with van der Waals surface area (Å²) in [7, 11) is 0. The minimum absolute atomic E-state index is 0.929. The predicted molar refractivity (Wildman–Crippen MR) is 114 cm³/mol. The van der Waals surface area contributed by atoms with Crippen LogP contribution < -0.4 is 0 Å². The van der Waals surface area contributed by atoms with Crippen LogP contribution in [0.2, 0.25) is 0 Å². The SMILES string of the molecule is C1CCC2CC(N3CCCN(C4CCC5CCCCC5C4)CC3)CCC2C1. The summed E-state index contributed by atoms with van der Waals surface area (Å²) in [5.74, 6) is 4.37. The highest BCUT2D eigenvalue weighted by Gasteiger charge is 2.37. The molecular formula is C25H44N2. The monoisotopic (exact) mass is 372 g/mol. The van der Waals surface area contributed by atoms with Crippen LogP contribution in [0.4, 0.5) is 0 Å². The van der Waals surface area contributed by atoms with Crippen LogP contribution >= 0.6 is 0 Å². The largest absolute Gasteiger partial charge is 0.299 e. The molecule has 154 valence electrons. The molecule has 0 spiro atoms. The van der Waals surface area contributed by atoms with E-state index >= 15 is 0 Å². The van der Waals surface area contributed by atoms with E-state index in [4.69, 9.17) is 0 Å². The lowest BCUT2D eigenvalue weighted by Crippen LogP contribution is -2.45. The molecule has 0 N–H and O–H groups in total. The average molecular weight is 373 g/mol. The maximum absolute atomic E-state index is 2.94. The van der Waals surface area contributed by atoms with Crippen molar-refractivity contribution in [1.29, 1.82) is 0 Å². The van der Waals surface area contributed by atoms with Gasteiger partial charge in [-0.05, 0) is 81.7 Å². The van der Waals surface area contributed by atoms with Crippen molar-refractivity contribution >= 4 is 0 Å². The van der Waals surface area contributed by atoms with Crippen molar-refractivity contribution in [3.8, 4) is 0 Å². The lowest BCUT2D eigenvalue weighted by atomic mass is 9.69. The van der Waals surface area contributed by atoms with Crippen LogP contribution in [0.1, 0.15) is 96.3 Å². The Morgan fingerprint density at radius 2 is 0.815 bits per heavy atom. The standard InChI is InChI=1S/C25H44N2/c1-3-8-22-18-24(12-10-20(22)6-1)26-14-5-15-27(17-16-26)25-13-11-21-7-2-4-9-23(21)19-25/h20-25H,1-19H2. The predicted octanol–water partition coefficient (Wildman–Crippen LogP) is 5.71. The van der Waals surface area contributed by atoms with E-state index in [1.165, 1.54) is 84.0 Å². The molecule has 1 heterocycles. The first-order valence-corrected chi connectivity index (χ1v) is 12.8. The number of hydrogen-bond acceptors (Lipinski definition) is 2. The first-order chi connectivity index (χ1) is 13.4. The maximum atomic E-state index is 2.94. The zero-order chi connectivity index (χ0) is 18.1. The van der Waals surface area contributed by atoms with Crippen LogP contribution in [0.3, 0.4) is 0 Å². The zero-order valence-corrected chi connectivity index (χ0v) is 17.8. The highest BCUT2D eigenvalue weighted by Crippen LogP contribution is 2.43. The van der Waals surface area contributed by atoms with Gasteiger partial charge in [0.25, 0.3) is 0 Å². The van der Waals surface area contributed by atoms with Crippen molar-refractivity contribution in [2.24, 2.45) is 23.7 Å². The topological polar surface area (TPSA) is 6.48 Å². The molecule has 5 fully saturated rings. The van der Waals surface area contributed by atoms with E-state index in [9.17, 15) is 0 Å². The number of fused-ring (bicyclic) bond motifs is 2. The molecule has 5 aliphatic rings. The molecule has 0 aromatic rings. The molecule has 0 amide bonds. The van der Waals surface area contributed by atoms with E-state index in [-0.39, 0.29) is 0 Å². The Bertz CT molecular complexity index is 435. The smallest absolute Gasteiger partial charge is 0.0112 e. The normalized spacial score (nSPS) is 44.9. The summed E-state index contributed by atoms with van der Waals surface area (Å²) in [6, 6.07) is 1.86. The number of rotatable bonds is 2. The van der Waals surface area contributed by atoms with Crippen molar-refractivity contribution < 1.29 is 0 Å². The van der Waals surface area contributed by atoms with Gasteiger partial charge in [-0.15, -0.1) is 0 Å². The van der Waals surface area contributed by atoms with Crippen LogP contribution in [0, 0.1) is 23.7 Å². The van der Waals surface area contributed by atoms with Gasteiger partial charge in [-0.3, -0.25) is 9.80 Å². The van der Waals surface area contributed by atoms with Crippen LogP contribution in [-0.2, 0) is 0 Å². The third-order valence-corrected chi connectivity index (χ3v) is 9.62. The summed E-state index contributed by atoms with van der Waals surface area (Å²) >= 11 is 0. The lowest BCUT2D eigenvalue weighted by Gasteiger charge is -2.44. The third kappa shape index (κ3) is 4.27. The van der Waals surface area contributed by atoms with Gasteiger partial charge in [-0.2, -0.15) is 0 Å². The van der Waals surface area contributed by atoms with Crippen LogP contribution in [0.5, 0.6) is 0 Å². The van der Waals surface area contributed by atoms with E-state index in [0.29, 0.717) is 0 Å². The van der Waals surface area contributed by atoms with Crippen LogP contribution in [0.25, 0.3) is 0 Å². The molecule has 6 atom stereocenters. The van der Waals surface area contributed by atoms with E-state index in [1.807, 2.05) is 0 Å². The molecule has 5 rings (SSSR count). The van der Waals surface area contributed by atoms with Gasteiger partial charge in [-0.25, -0.2) is 0 Å². The second-order valence-corrected chi connectivity index (χ2v) is 11.0. The summed E-state index contributed by atoms with van der Waals surface area (Å²) in [6.45, 7) is 5.51. The fourth-order valence-electron chi connectivity index (χ4n) is 8.05. The molecule has 4 aliphatic carbocycles. The summed E-state index contributed by atoms with van der Waals surface area (Å²) < 4.78 is 0. The molecule has 2 nitrogen and oxygen atoms in total. The molecule has 1 saturated heterocycles. The molecule has 2 heteroatoms. The second kappa shape index (κ2) is 8.74. The van der Waals surface area contributed by atoms with Crippen molar-refractivity contribution in [1.82, 2.24) is 9.80 Å². The maximum Gasteiger partial charge on any atom is 0.0112 e. The first kappa shape index (κ1) is 18.9. The molecular weight excluding hydrogens is 328 g/mol. The summed E-state index contributed by atoms with van der Waals surface area (Å²) in [4.78, 5) is 5.88. The average Bonchev–Trinajstić information content (AvgIpc) is 2.99. The fraction of sp³-hybridized carbons (Fsp3) is 1.00. The molecule has 6 unspecified atom stereocenters. The summed E-state index contributed by atoms with van der Waals surface area (Å²) in [5, 5.41) is 0. The summed E-state index contributed by atoms with van der Waals surface area (Å²) in [5.41, 5.74) is 0. The second-order valence-electron chi connectivity index (χ2n) is 11.0. The molecule has 0 aromatic heterocycles. The van der Waals surface area contributed by atoms with Gasteiger partial charge in [0.2, 0.25) is 0 Å². The highest BCUT2D eigenvalue weighted by molar-refractivity contribution is 4.91. The minimum atomic E-state index is 0.929. The minimum Gasteiger partial charge on any atom is -0.299 e. The number of nitrogens with zero attached hydrogens (tertiary/aromatic N) is 2. The van der Waals surface area contributed by atoms with Crippen molar-refractivity contribution in [3.05, 3.63) is 0 Å². The molecule has 1 aliphatic heterocycles.